The quantitative estimate of drug-likeness (QED) is 0.543. The van der Waals surface area contributed by atoms with E-state index in [1.54, 1.807) is 20.2 Å². The number of aliphatic hydroxyl groups excluding tert-OH is 1. The highest BCUT2D eigenvalue weighted by Gasteiger charge is 2.37. The van der Waals surface area contributed by atoms with E-state index in [9.17, 15) is 14.7 Å². The first-order valence-corrected chi connectivity index (χ1v) is 12.5. The zero-order valence-electron chi connectivity index (χ0n) is 20.7. The minimum Gasteiger partial charge on any atom is -0.497 e. The number of amides is 2. The van der Waals surface area contributed by atoms with Gasteiger partial charge in [0.2, 0.25) is 12.1 Å². The number of nitrogens with one attached hydrogen (secondary N) is 1. The van der Waals surface area contributed by atoms with Gasteiger partial charge in [-0.05, 0) is 37.0 Å². The highest BCUT2D eigenvalue weighted by Crippen LogP contribution is 2.37. The number of methoxy groups -OCH3 is 1. The van der Waals surface area contributed by atoms with Gasteiger partial charge in [0.15, 0.2) is 0 Å². The number of ether oxygens (including phenoxy) is 1. The second-order valence-electron chi connectivity index (χ2n) is 9.53. The summed E-state index contributed by atoms with van der Waals surface area (Å²) in [6.45, 7) is 2.06. The topological polar surface area (TPSA) is 91.2 Å². The van der Waals surface area contributed by atoms with Gasteiger partial charge in [0.1, 0.15) is 5.75 Å². The molecule has 2 aromatic carbocycles. The number of carbonyl (C=O) groups is 2. The van der Waals surface area contributed by atoms with E-state index < -0.39 is 18.2 Å². The Labute approximate surface area is 207 Å². The minimum absolute atomic E-state index is 0.313. The molecule has 2 aliphatic rings. The number of rotatable bonds is 10. The second kappa shape index (κ2) is 11.0. The van der Waals surface area contributed by atoms with Gasteiger partial charge >= 0.3 is 0 Å². The van der Waals surface area contributed by atoms with Crippen LogP contribution >= 0.6 is 0 Å². The van der Waals surface area contributed by atoms with Crippen molar-refractivity contribution < 1.29 is 19.4 Å². The van der Waals surface area contributed by atoms with Crippen molar-refractivity contribution in [2.45, 2.75) is 57.7 Å². The third-order valence-corrected chi connectivity index (χ3v) is 6.91. The van der Waals surface area contributed by atoms with Crippen molar-refractivity contribution in [2.75, 3.05) is 19.1 Å². The molecule has 186 valence electrons. The highest BCUT2D eigenvalue weighted by molar-refractivity contribution is 6.20. The maximum absolute atomic E-state index is 13.5. The number of benzodiazepines with no additional fused rings is 1. The summed E-state index contributed by atoms with van der Waals surface area (Å²) in [5, 5.41) is 13.7. The maximum atomic E-state index is 13.5. The van der Waals surface area contributed by atoms with Gasteiger partial charge in [0.05, 0.1) is 30.5 Å². The van der Waals surface area contributed by atoms with Crippen molar-refractivity contribution in [3.8, 4) is 5.75 Å². The summed E-state index contributed by atoms with van der Waals surface area (Å²) in [5.41, 5.74) is 2.88. The van der Waals surface area contributed by atoms with E-state index in [-0.39, 0.29) is 11.8 Å². The Morgan fingerprint density at radius 2 is 1.97 bits per heavy atom. The van der Waals surface area contributed by atoms with Gasteiger partial charge in [-0.2, -0.15) is 0 Å². The Kier molecular flexibility index (Phi) is 7.86. The van der Waals surface area contributed by atoms with Gasteiger partial charge in [-0.25, -0.2) is 4.99 Å². The molecule has 0 aromatic heterocycles. The molecule has 0 saturated heterocycles. The molecule has 1 fully saturated rings. The lowest BCUT2D eigenvalue weighted by molar-refractivity contribution is -0.133. The lowest BCUT2D eigenvalue weighted by atomic mass is 9.91. The summed E-state index contributed by atoms with van der Waals surface area (Å²) in [6.07, 6.45) is 3.37. The van der Waals surface area contributed by atoms with Gasteiger partial charge in [-0.1, -0.05) is 62.9 Å². The molecule has 35 heavy (non-hydrogen) atoms. The largest absolute Gasteiger partial charge is 0.497 e. The van der Waals surface area contributed by atoms with Crippen LogP contribution in [-0.2, 0) is 9.59 Å². The van der Waals surface area contributed by atoms with Crippen molar-refractivity contribution in [2.24, 2.45) is 16.8 Å². The summed E-state index contributed by atoms with van der Waals surface area (Å²) >= 11 is 0. The summed E-state index contributed by atoms with van der Waals surface area (Å²) in [7, 11) is 3.29. The molecule has 1 heterocycles. The maximum Gasteiger partial charge on any atom is 0.272 e. The molecule has 7 heteroatoms. The average molecular weight is 478 g/mol. The summed E-state index contributed by atoms with van der Waals surface area (Å²) < 4.78 is 5.44. The van der Waals surface area contributed by atoms with Crippen LogP contribution in [0, 0.1) is 11.8 Å². The molecule has 0 radical (unpaired) electrons. The molecular weight excluding hydrogens is 442 g/mol. The number of nitrogens with zero attached hydrogens (tertiary/aromatic N) is 2. The molecule has 0 spiro atoms. The van der Waals surface area contributed by atoms with Crippen LogP contribution in [-0.4, -0.2) is 49.1 Å². The summed E-state index contributed by atoms with van der Waals surface area (Å²) in [4.78, 5) is 33.2. The lowest BCUT2D eigenvalue weighted by Gasteiger charge is -2.25. The van der Waals surface area contributed by atoms with Crippen molar-refractivity contribution in [1.29, 1.82) is 0 Å². The first kappa shape index (κ1) is 24.9. The van der Waals surface area contributed by atoms with Crippen LogP contribution in [0.25, 0.3) is 0 Å². The van der Waals surface area contributed by atoms with Crippen LogP contribution in [0.15, 0.2) is 53.5 Å². The average Bonchev–Trinajstić information content (AvgIpc) is 3.72. The molecule has 2 aromatic rings. The Balaban J connectivity index is 1.69. The number of carbonyl (C=O) groups excluding carboxylic acids is 2. The standard InChI is InChI=1S/C28H35N3O4/c1-4-5-11-24(32)22(16-18-12-13-18)27(33)30-26-28(34)31(2)23-15-14-20(35-3)17-21(23)25(29-26)19-9-7-6-8-10-19/h6-10,14-15,17-18,22,24,26,32H,4-5,11-13,16H2,1-3H3,(H,30,33)/t22-,24-,26?/m0/s1. The van der Waals surface area contributed by atoms with Crippen LogP contribution in [0.2, 0.25) is 0 Å². The van der Waals surface area contributed by atoms with Crippen LogP contribution in [0.4, 0.5) is 5.69 Å². The van der Waals surface area contributed by atoms with Gasteiger partial charge in [0.25, 0.3) is 5.91 Å². The number of anilines is 1. The molecular formula is C28H35N3O4. The normalized spacial score (nSPS) is 19.3. The van der Waals surface area contributed by atoms with E-state index in [2.05, 4.69) is 12.2 Å². The van der Waals surface area contributed by atoms with E-state index in [4.69, 9.17) is 9.73 Å². The van der Waals surface area contributed by atoms with Gasteiger partial charge in [-0.15, -0.1) is 0 Å². The Morgan fingerprint density at radius 1 is 1.23 bits per heavy atom. The fourth-order valence-corrected chi connectivity index (χ4v) is 4.61. The number of benzene rings is 2. The second-order valence-corrected chi connectivity index (χ2v) is 9.53. The van der Waals surface area contributed by atoms with E-state index >= 15 is 0 Å². The zero-order valence-corrected chi connectivity index (χ0v) is 20.7. The number of aliphatic imine (C=N–C) groups is 1. The smallest absolute Gasteiger partial charge is 0.272 e. The van der Waals surface area contributed by atoms with Crippen molar-refractivity contribution in [3.05, 3.63) is 59.7 Å². The molecule has 1 saturated carbocycles. The zero-order chi connectivity index (χ0) is 24.9. The van der Waals surface area contributed by atoms with Crippen LogP contribution in [0.5, 0.6) is 5.75 Å². The summed E-state index contributed by atoms with van der Waals surface area (Å²) in [6, 6.07) is 15.1. The molecule has 1 aliphatic carbocycles. The lowest BCUT2D eigenvalue weighted by Crippen LogP contribution is -2.49. The summed E-state index contributed by atoms with van der Waals surface area (Å²) in [5.74, 6) is -0.0713. The van der Waals surface area contributed by atoms with Crippen molar-refractivity contribution in [3.63, 3.8) is 0 Å². The van der Waals surface area contributed by atoms with Gasteiger partial charge in [-0.3, -0.25) is 9.59 Å². The molecule has 7 nitrogen and oxygen atoms in total. The van der Waals surface area contributed by atoms with Crippen LogP contribution < -0.4 is 15.0 Å². The minimum atomic E-state index is -1.10. The van der Waals surface area contributed by atoms with Crippen molar-refractivity contribution >= 4 is 23.2 Å². The number of aliphatic hydroxyl groups is 1. The molecule has 4 rings (SSSR count). The third kappa shape index (κ3) is 5.73. The number of unbranched alkanes of at least 4 members (excludes halogenated alkanes) is 1. The Bertz CT molecular complexity index is 1080. The monoisotopic (exact) mass is 477 g/mol. The molecule has 0 bridgehead atoms. The third-order valence-electron chi connectivity index (χ3n) is 6.91. The fraction of sp³-hybridized carbons (Fsp3) is 0.464. The molecule has 2 N–H and O–H groups in total. The number of likely N-dealkylation sites (N-methyl/N-ethyl adjacent to an activating group) is 1. The highest BCUT2D eigenvalue weighted by atomic mass is 16.5. The van der Waals surface area contributed by atoms with Gasteiger partial charge < -0.3 is 20.1 Å². The van der Waals surface area contributed by atoms with Crippen LogP contribution in [0.1, 0.15) is 56.6 Å². The SMILES string of the molecule is CCCC[C@H](O)[C@H](CC1CC1)C(=O)NC1N=C(c2ccccc2)c2cc(OC)ccc2N(C)C1=O. The number of hydrogen-bond donors (Lipinski definition) is 2. The molecule has 1 unspecified atom stereocenters. The number of hydrogen-bond acceptors (Lipinski definition) is 5. The Morgan fingerprint density at radius 3 is 2.63 bits per heavy atom. The van der Waals surface area contributed by atoms with E-state index in [0.29, 0.717) is 35.9 Å². The predicted molar refractivity (Wildman–Crippen MR) is 137 cm³/mol. The van der Waals surface area contributed by atoms with Gasteiger partial charge in [0, 0.05) is 18.2 Å². The van der Waals surface area contributed by atoms with Crippen molar-refractivity contribution in [1.82, 2.24) is 5.32 Å². The molecule has 1 aliphatic heterocycles. The first-order valence-electron chi connectivity index (χ1n) is 12.5. The first-order chi connectivity index (χ1) is 16.9. The Hall–Kier alpha value is -3.19. The predicted octanol–water partition coefficient (Wildman–Crippen LogP) is 3.92. The van der Waals surface area contributed by atoms with E-state index in [0.717, 1.165) is 36.8 Å². The molecule has 3 atom stereocenters. The fourth-order valence-electron chi connectivity index (χ4n) is 4.61. The van der Waals surface area contributed by atoms with E-state index in [1.165, 1.54) is 4.90 Å². The number of fused-ring (bicyclic) bond motifs is 1. The van der Waals surface area contributed by atoms with E-state index in [1.807, 2.05) is 42.5 Å². The van der Waals surface area contributed by atoms with Crippen LogP contribution in [0.3, 0.4) is 0 Å². The molecule has 2 amide bonds.